The first-order chi connectivity index (χ1) is 15.2. The van der Waals surface area contributed by atoms with E-state index in [-0.39, 0.29) is 24.0 Å². The summed E-state index contributed by atoms with van der Waals surface area (Å²) >= 11 is 1.41. The molecule has 6 nitrogen and oxygen atoms in total. The third kappa shape index (κ3) is 4.16. The molecule has 0 saturated heterocycles. The fourth-order valence-electron chi connectivity index (χ4n) is 3.76. The molecule has 2 heterocycles. The molecule has 2 aliphatic rings. The quantitative estimate of drug-likeness (QED) is 0.622. The molecule has 3 aromatic rings. The van der Waals surface area contributed by atoms with Crippen LogP contribution in [0, 0.1) is 5.82 Å². The molecule has 1 aromatic heterocycles. The fourth-order valence-corrected chi connectivity index (χ4v) is 4.60. The van der Waals surface area contributed by atoms with Crippen molar-refractivity contribution < 1.29 is 13.9 Å². The molecular weight excluding hydrogens is 415 g/mol. The van der Waals surface area contributed by atoms with Crippen molar-refractivity contribution in [3.63, 3.8) is 0 Å². The lowest BCUT2D eigenvalue weighted by Gasteiger charge is -2.18. The van der Waals surface area contributed by atoms with Gasteiger partial charge in [0.15, 0.2) is 6.61 Å². The molecule has 2 aromatic carbocycles. The van der Waals surface area contributed by atoms with Crippen molar-refractivity contribution in [2.24, 2.45) is 10.1 Å². The SMILES string of the molecule is O=C1COc2ccc(-c3csc(=Nc4ccccc4F)n3N=C3CCCCC3)cc2N1. The van der Waals surface area contributed by atoms with Crippen LogP contribution in [0.25, 0.3) is 11.3 Å². The van der Waals surface area contributed by atoms with Crippen molar-refractivity contribution in [1.82, 2.24) is 4.68 Å². The highest BCUT2D eigenvalue weighted by atomic mass is 32.1. The van der Waals surface area contributed by atoms with E-state index < -0.39 is 0 Å². The number of benzene rings is 2. The van der Waals surface area contributed by atoms with E-state index in [0.717, 1.165) is 42.7 Å². The zero-order valence-electron chi connectivity index (χ0n) is 16.8. The highest BCUT2D eigenvalue weighted by Crippen LogP contribution is 2.33. The van der Waals surface area contributed by atoms with Crippen LogP contribution in [0.1, 0.15) is 32.1 Å². The maximum absolute atomic E-state index is 14.2. The molecule has 1 N–H and O–H groups in total. The average molecular weight is 437 g/mol. The molecule has 1 aliphatic heterocycles. The Labute approximate surface area is 182 Å². The van der Waals surface area contributed by atoms with E-state index in [9.17, 15) is 9.18 Å². The van der Waals surface area contributed by atoms with Gasteiger partial charge in [0.05, 0.1) is 11.4 Å². The zero-order chi connectivity index (χ0) is 21.2. The van der Waals surface area contributed by atoms with E-state index in [2.05, 4.69) is 10.3 Å². The number of rotatable bonds is 3. The number of aromatic nitrogens is 1. The third-order valence-corrected chi connectivity index (χ3v) is 6.15. The number of hydrogen-bond donors (Lipinski definition) is 1. The van der Waals surface area contributed by atoms with Crippen LogP contribution in [-0.2, 0) is 4.79 Å². The number of amides is 1. The molecule has 5 rings (SSSR count). The predicted molar refractivity (Wildman–Crippen MR) is 119 cm³/mol. The minimum atomic E-state index is -0.372. The first-order valence-electron chi connectivity index (χ1n) is 10.3. The summed E-state index contributed by atoms with van der Waals surface area (Å²) in [5.74, 6) is 0.0866. The van der Waals surface area contributed by atoms with Crippen LogP contribution in [0.3, 0.4) is 0 Å². The topological polar surface area (TPSA) is 68.0 Å². The van der Waals surface area contributed by atoms with Gasteiger partial charge in [-0.25, -0.2) is 14.1 Å². The number of carbonyl (C=O) groups is 1. The smallest absolute Gasteiger partial charge is 0.262 e. The summed E-state index contributed by atoms with van der Waals surface area (Å²) in [5, 5.41) is 9.72. The van der Waals surface area contributed by atoms with Gasteiger partial charge >= 0.3 is 0 Å². The van der Waals surface area contributed by atoms with Gasteiger partial charge in [0, 0.05) is 16.7 Å². The van der Waals surface area contributed by atoms with Crippen molar-refractivity contribution in [1.29, 1.82) is 0 Å². The lowest BCUT2D eigenvalue weighted by atomic mass is 9.99. The number of carbonyl (C=O) groups excluding carboxylic acids is 1. The molecule has 0 atom stereocenters. The normalized spacial score (nSPS) is 16.5. The van der Waals surface area contributed by atoms with E-state index in [1.54, 1.807) is 22.9 Å². The van der Waals surface area contributed by atoms with Gasteiger partial charge in [0.2, 0.25) is 4.80 Å². The third-order valence-electron chi connectivity index (χ3n) is 5.33. The molecule has 0 spiro atoms. The van der Waals surface area contributed by atoms with E-state index in [0.29, 0.717) is 16.2 Å². The Hall–Kier alpha value is -3.26. The molecule has 31 heavy (non-hydrogen) atoms. The van der Waals surface area contributed by atoms with Crippen molar-refractivity contribution in [3.8, 4) is 17.0 Å². The number of hydrogen-bond acceptors (Lipinski definition) is 5. The molecule has 0 radical (unpaired) electrons. The van der Waals surface area contributed by atoms with Crippen LogP contribution in [0.4, 0.5) is 15.8 Å². The van der Waals surface area contributed by atoms with Crippen molar-refractivity contribution in [2.45, 2.75) is 32.1 Å². The van der Waals surface area contributed by atoms with Crippen LogP contribution in [0.2, 0.25) is 0 Å². The fraction of sp³-hybridized carbons (Fsp3) is 0.261. The second-order valence-electron chi connectivity index (χ2n) is 7.55. The highest BCUT2D eigenvalue weighted by molar-refractivity contribution is 7.07. The van der Waals surface area contributed by atoms with Crippen LogP contribution in [-0.4, -0.2) is 22.9 Å². The van der Waals surface area contributed by atoms with E-state index >= 15 is 0 Å². The molecule has 1 aliphatic carbocycles. The van der Waals surface area contributed by atoms with Gasteiger partial charge < -0.3 is 10.1 Å². The number of halogens is 1. The lowest BCUT2D eigenvalue weighted by Crippen LogP contribution is -2.25. The average Bonchev–Trinajstić information content (AvgIpc) is 3.17. The van der Waals surface area contributed by atoms with E-state index in [1.807, 2.05) is 23.6 Å². The molecule has 0 unspecified atom stereocenters. The molecule has 0 bridgehead atoms. The van der Waals surface area contributed by atoms with Gasteiger partial charge in [-0.1, -0.05) is 18.6 Å². The summed E-state index contributed by atoms with van der Waals surface area (Å²) in [4.78, 5) is 16.9. The standard InChI is InChI=1S/C23H21FN4O2S/c24-17-8-4-5-9-18(17)26-23-28(27-16-6-2-1-3-7-16)20(14-31-23)15-10-11-21-19(12-15)25-22(29)13-30-21/h4-5,8-12,14H,1-3,6-7,13H2,(H,25,29). The monoisotopic (exact) mass is 436 g/mol. The highest BCUT2D eigenvalue weighted by Gasteiger charge is 2.18. The Bertz CT molecular complexity index is 1240. The Balaban J connectivity index is 1.64. The molecule has 158 valence electrons. The molecule has 1 fully saturated rings. The minimum absolute atomic E-state index is 0.0180. The summed E-state index contributed by atoms with van der Waals surface area (Å²) < 4.78 is 21.5. The summed E-state index contributed by atoms with van der Waals surface area (Å²) in [6, 6.07) is 12.1. The summed E-state index contributed by atoms with van der Waals surface area (Å²) in [6.45, 7) is 0.0180. The first-order valence-corrected chi connectivity index (χ1v) is 11.2. The largest absolute Gasteiger partial charge is 0.482 e. The number of thiazole rings is 1. The number of ether oxygens (including phenoxy) is 1. The lowest BCUT2D eigenvalue weighted by molar-refractivity contribution is -0.118. The van der Waals surface area contributed by atoms with Crippen LogP contribution >= 0.6 is 11.3 Å². The van der Waals surface area contributed by atoms with Crippen LogP contribution in [0.15, 0.2) is 57.9 Å². The Morgan fingerprint density at radius 2 is 1.94 bits per heavy atom. The van der Waals surface area contributed by atoms with Crippen LogP contribution < -0.4 is 14.9 Å². The number of fused-ring (bicyclic) bond motifs is 1. The number of nitrogens with zero attached hydrogens (tertiary/aromatic N) is 3. The Morgan fingerprint density at radius 1 is 1.10 bits per heavy atom. The summed E-state index contributed by atoms with van der Waals surface area (Å²) in [7, 11) is 0. The number of para-hydroxylation sites is 1. The van der Waals surface area contributed by atoms with E-state index in [1.165, 1.54) is 23.8 Å². The van der Waals surface area contributed by atoms with Gasteiger partial charge in [-0.2, -0.15) is 5.10 Å². The Morgan fingerprint density at radius 3 is 2.77 bits per heavy atom. The summed E-state index contributed by atoms with van der Waals surface area (Å²) in [6.07, 6.45) is 5.38. The summed E-state index contributed by atoms with van der Waals surface area (Å²) in [5.41, 5.74) is 3.73. The number of anilines is 1. The maximum atomic E-state index is 14.2. The first kappa shape index (κ1) is 19.7. The van der Waals surface area contributed by atoms with Gasteiger partial charge in [0.1, 0.15) is 17.3 Å². The second kappa shape index (κ2) is 8.47. The second-order valence-corrected chi connectivity index (χ2v) is 8.39. The van der Waals surface area contributed by atoms with E-state index in [4.69, 9.17) is 9.84 Å². The minimum Gasteiger partial charge on any atom is -0.482 e. The van der Waals surface area contributed by atoms with Gasteiger partial charge in [-0.05, 0) is 56.0 Å². The van der Waals surface area contributed by atoms with Crippen molar-refractivity contribution >= 4 is 34.3 Å². The Kier molecular flexibility index (Phi) is 5.38. The molecule has 1 saturated carbocycles. The maximum Gasteiger partial charge on any atom is 0.262 e. The zero-order valence-corrected chi connectivity index (χ0v) is 17.6. The van der Waals surface area contributed by atoms with Gasteiger partial charge in [0.25, 0.3) is 5.91 Å². The van der Waals surface area contributed by atoms with Crippen LogP contribution in [0.5, 0.6) is 5.75 Å². The molecule has 8 heteroatoms. The van der Waals surface area contributed by atoms with Crippen molar-refractivity contribution in [3.05, 3.63) is 58.5 Å². The van der Waals surface area contributed by atoms with Crippen molar-refractivity contribution in [2.75, 3.05) is 11.9 Å². The van der Waals surface area contributed by atoms with Gasteiger partial charge in [-0.3, -0.25) is 4.79 Å². The molecular formula is C23H21FN4O2S. The number of nitrogens with one attached hydrogen (secondary N) is 1. The van der Waals surface area contributed by atoms with Gasteiger partial charge in [-0.15, -0.1) is 11.3 Å². The predicted octanol–water partition coefficient (Wildman–Crippen LogP) is 5.09. The molecule has 1 amide bonds.